The Labute approximate surface area is 120 Å². The summed E-state index contributed by atoms with van der Waals surface area (Å²) in [5.41, 5.74) is 1.17. The van der Waals surface area contributed by atoms with E-state index in [2.05, 4.69) is 49.4 Å². The number of likely N-dealkylation sites (N-methyl/N-ethyl adjacent to an activating group) is 1. The molecule has 106 valence electrons. The summed E-state index contributed by atoms with van der Waals surface area (Å²) in [6, 6.07) is 8.88. The predicted molar refractivity (Wildman–Crippen MR) is 84.4 cm³/mol. The lowest BCUT2D eigenvalue weighted by Crippen LogP contribution is -2.24. The summed E-state index contributed by atoms with van der Waals surface area (Å²) in [6.45, 7) is 3.97. The van der Waals surface area contributed by atoms with Crippen molar-refractivity contribution in [1.29, 1.82) is 0 Å². The van der Waals surface area contributed by atoms with Gasteiger partial charge in [-0.05, 0) is 38.4 Å². The van der Waals surface area contributed by atoms with Crippen LogP contribution in [0.15, 0.2) is 24.3 Å². The highest BCUT2D eigenvalue weighted by Gasteiger charge is 2.23. The molecular formula is C15H24N2OS. The normalized spacial score (nSPS) is 22.7. The zero-order chi connectivity index (χ0) is 13.7. The number of rotatable bonds is 6. The average Bonchev–Trinajstić information content (AvgIpc) is 2.75. The molecule has 1 aromatic rings. The molecule has 0 spiro atoms. The first-order valence-electron chi connectivity index (χ1n) is 6.91. The topological polar surface area (TPSA) is 24.5 Å². The predicted octanol–water partition coefficient (Wildman–Crippen LogP) is 2.93. The second-order valence-electron chi connectivity index (χ2n) is 5.29. The highest BCUT2D eigenvalue weighted by molar-refractivity contribution is 8.00. The van der Waals surface area contributed by atoms with Crippen molar-refractivity contribution in [2.45, 2.75) is 24.6 Å². The minimum atomic E-state index is 0.585. The van der Waals surface area contributed by atoms with Gasteiger partial charge in [0.25, 0.3) is 0 Å². The third-order valence-electron chi connectivity index (χ3n) is 3.37. The molecule has 1 fully saturated rings. The van der Waals surface area contributed by atoms with E-state index in [1.54, 1.807) is 0 Å². The first kappa shape index (κ1) is 14.5. The van der Waals surface area contributed by atoms with Crippen LogP contribution in [0, 0.1) is 0 Å². The van der Waals surface area contributed by atoms with Crippen LogP contribution < -0.4 is 10.1 Å². The van der Waals surface area contributed by atoms with Crippen LogP contribution in [0.3, 0.4) is 0 Å². The summed E-state index contributed by atoms with van der Waals surface area (Å²) in [4.78, 5) is 2.12. The molecule has 2 atom stereocenters. The molecule has 1 saturated heterocycles. The van der Waals surface area contributed by atoms with E-state index in [-0.39, 0.29) is 0 Å². The quantitative estimate of drug-likeness (QED) is 0.866. The van der Waals surface area contributed by atoms with Gasteiger partial charge in [0.15, 0.2) is 0 Å². The second kappa shape index (κ2) is 7.06. The van der Waals surface area contributed by atoms with E-state index in [0.29, 0.717) is 11.3 Å². The highest BCUT2D eigenvalue weighted by Crippen LogP contribution is 2.29. The zero-order valence-electron chi connectivity index (χ0n) is 12.1. The molecule has 0 bridgehead atoms. The Kier molecular flexibility index (Phi) is 5.40. The molecule has 0 radical (unpaired) electrons. The molecule has 0 saturated carbocycles. The van der Waals surface area contributed by atoms with Gasteiger partial charge in [-0.1, -0.05) is 13.0 Å². The number of hydrogen-bond acceptors (Lipinski definition) is 4. The van der Waals surface area contributed by atoms with Crippen LogP contribution in [0.1, 0.15) is 13.3 Å². The lowest BCUT2D eigenvalue weighted by Gasteiger charge is -2.18. The second-order valence-corrected chi connectivity index (χ2v) is 6.78. The number of hydrogen-bond donors (Lipinski definition) is 1. The average molecular weight is 280 g/mol. The van der Waals surface area contributed by atoms with E-state index in [0.717, 1.165) is 18.9 Å². The Morgan fingerprint density at radius 2 is 2.26 bits per heavy atom. The first-order chi connectivity index (χ1) is 9.15. The number of ether oxygens (including phenoxy) is 1. The molecule has 19 heavy (non-hydrogen) atoms. The Morgan fingerprint density at radius 1 is 1.42 bits per heavy atom. The summed E-state index contributed by atoms with van der Waals surface area (Å²) >= 11 is 2.05. The Balaban J connectivity index is 1.87. The van der Waals surface area contributed by atoms with Crippen LogP contribution in [0.2, 0.25) is 0 Å². The number of anilines is 1. The Bertz CT molecular complexity index is 397. The third kappa shape index (κ3) is 4.62. The molecule has 2 unspecified atom stereocenters. The van der Waals surface area contributed by atoms with E-state index in [9.17, 15) is 0 Å². The standard InChI is InChI=1S/C15H24N2OS/c1-12-15(7-10-19-12)16-13-5-4-6-14(11-13)18-9-8-17(2)3/h4-6,11-12,15-16H,7-10H2,1-3H3. The first-order valence-corrected chi connectivity index (χ1v) is 7.96. The summed E-state index contributed by atoms with van der Waals surface area (Å²) in [5.74, 6) is 2.21. The van der Waals surface area contributed by atoms with Gasteiger partial charge >= 0.3 is 0 Å². The summed E-state index contributed by atoms with van der Waals surface area (Å²) in [5, 5.41) is 4.31. The molecular weight excluding hydrogens is 256 g/mol. The lowest BCUT2D eigenvalue weighted by molar-refractivity contribution is 0.261. The van der Waals surface area contributed by atoms with Crippen molar-refractivity contribution in [1.82, 2.24) is 4.90 Å². The van der Waals surface area contributed by atoms with E-state index >= 15 is 0 Å². The van der Waals surface area contributed by atoms with Gasteiger partial charge in [-0.2, -0.15) is 11.8 Å². The maximum atomic E-state index is 5.76. The third-order valence-corrected chi connectivity index (χ3v) is 4.70. The number of benzene rings is 1. The van der Waals surface area contributed by atoms with E-state index in [4.69, 9.17) is 4.74 Å². The summed E-state index contributed by atoms with van der Waals surface area (Å²) < 4.78 is 5.76. The number of nitrogens with one attached hydrogen (secondary N) is 1. The molecule has 0 aromatic heterocycles. The Morgan fingerprint density at radius 3 is 2.95 bits per heavy atom. The smallest absolute Gasteiger partial charge is 0.121 e. The maximum Gasteiger partial charge on any atom is 0.121 e. The minimum Gasteiger partial charge on any atom is -0.492 e. The van der Waals surface area contributed by atoms with E-state index < -0.39 is 0 Å². The van der Waals surface area contributed by atoms with Crippen molar-refractivity contribution in [2.75, 3.05) is 38.3 Å². The molecule has 1 aromatic carbocycles. The van der Waals surface area contributed by atoms with Gasteiger partial charge in [0.2, 0.25) is 0 Å². The maximum absolute atomic E-state index is 5.76. The molecule has 3 nitrogen and oxygen atoms in total. The van der Waals surface area contributed by atoms with Crippen LogP contribution >= 0.6 is 11.8 Å². The van der Waals surface area contributed by atoms with Crippen molar-refractivity contribution in [3.05, 3.63) is 24.3 Å². The van der Waals surface area contributed by atoms with Crippen molar-refractivity contribution in [2.24, 2.45) is 0 Å². The fourth-order valence-electron chi connectivity index (χ4n) is 2.16. The van der Waals surface area contributed by atoms with Gasteiger partial charge in [0.1, 0.15) is 12.4 Å². The molecule has 1 aliphatic heterocycles. The fraction of sp³-hybridized carbons (Fsp3) is 0.600. The monoisotopic (exact) mass is 280 g/mol. The van der Waals surface area contributed by atoms with Crippen molar-refractivity contribution < 1.29 is 4.74 Å². The molecule has 2 rings (SSSR count). The molecule has 0 aliphatic carbocycles. The van der Waals surface area contributed by atoms with E-state index in [1.807, 2.05) is 17.8 Å². The van der Waals surface area contributed by atoms with Gasteiger partial charge in [-0.25, -0.2) is 0 Å². The van der Waals surface area contributed by atoms with Crippen LogP contribution in [-0.4, -0.2) is 49.2 Å². The van der Waals surface area contributed by atoms with Crippen molar-refractivity contribution >= 4 is 17.4 Å². The number of thioether (sulfide) groups is 1. The summed E-state index contributed by atoms with van der Waals surface area (Å²) in [7, 11) is 4.11. The van der Waals surface area contributed by atoms with Crippen LogP contribution in [0.4, 0.5) is 5.69 Å². The molecule has 0 amide bonds. The molecule has 4 heteroatoms. The zero-order valence-corrected chi connectivity index (χ0v) is 12.9. The largest absolute Gasteiger partial charge is 0.492 e. The van der Waals surface area contributed by atoms with Crippen molar-refractivity contribution in [3.8, 4) is 5.75 Å². The van der Waals surface area contributed by atoms with Gasteiger partial charge in [-0.15, -0.1) is 0 Å². The van der Waals surface area contributed by atoms with Gasteiger partial charge in [-0.3, -0.25) is 0 Å². The Hall–Kier alpha value is -0.870. The summed E-state index contributed by atoms with van der Waals surface area (Å²) in [6.07, 6.45) is 1.25. The molecule has 1 N–H and O–H groups in total. The minimum absolute atomic E-state index is 0.585. The van der Waals surface area contributed by atoms with Gasteiger partial charge < -0.3 is 15.0 Å². The van der Waals surface area contributed by atoms with Gasteiger partial charge in [0, 0.05) is 29.6 Å². The molecule has 1 heterocycles. The number of nitrogens with zero attached hydrogens (tertiary/aromatic N) is 1. The lowest BCUT2D eigenvalue weighted by atomic mass is 10.1. The molecule has 1 aliphatic rings. The van der Waals surface area contributed by atoms with Crippen molar-refractivity contribution in [3.63, 3.8) is 0 Å². The van der Waals surface area contributed by atoms with Crippen LogP contribution in [0.5, 0.6) is 5.75 Å². The fourth-order valence-corrected chi connectivity index (χ4v) is 3.36. The van der Waals surface area contributed by atoms with Crippen LogP contribution in [-0.2, 0) is 0 Å². The SMILES string of the molecule is CC1SCCC1Nc1cccc(OCCN(C)C)c1. The van der Waals surface area contributed by atoms with E-state index in [1.165, 1.54) is 17.9 Å². The van der Waals surface area contributed by atoms with Gasteiger partial charge in [0.05, 0.1) is 0 Å². The highest BCUT2D eigenvalue weighted by atomic mass is 32.2. The van der Waals surface area contributed by atoms with Crippen LogP contribution in [0.25, 0.3) is 0 Å².